The minimum Gasteiger partial charge on any atom is -0.350 e. The number of sulfonamides is 1. The fourth-order valence-electron chi connectivity index (χ4n) is 2.96. The summed E-state index contributed by atoms with van der Waals surface area (Å²) in [7, 11) is -0.532. The van der Waals surface area contributed by atoms with Crippen molar-refractivity contribution >= 4 is 32.4 Å². The summed E-state index contributed by atoms with van der Waals surface area (Å²) in [6, 6.07) is 6.24. The predicted octanol–water partition coefficient (Wildman–Crippen LogP) is 1.79. The third kappa shape index (κ3) is 3.89. The second-order valence-corrected chi connectivity index (χ2v) is 9.35. The molecule has 1 unspecified atom stereocenters. The number of anilines is 1. The van der Waals surface area contributed by atoms with Crippen molar-refractivity contribution in [3.63, 3.8) is 0 Å². The molecule has 0 radical (unpaired) electrons. The molecule has 1 atom stereocenters. The number of carbonyl (C=O) groups excluding carboxylic acids is 1. The van der Waals surface area contributed by atoms with Gasteiger partial charge in [0.15, 0.2) is 5.13 Å². The highest BCUT2D eigenvalue weighted by atomic mass is 32.2. The number of rotatable bonds is 6. The average Bonchev–Trinajstić information content (AvgIpc) is 3.30. The normalized spacial score (nSPS) is 17.7. The van der Waals surface area contributed by atoms with Gasteiger partial charge in [0.1, 0.15) is 0 Å². The highest BCUT2D eigenvalue weighted by Crippen LogP contribution is 2.26. The van der Waals surface area contributed by atoms with Gasteiger partial charge in [-0.05, 0) is 37.1 Å². The molecule has 1 fully saturated rings. The second-order valence-electron chi connectivity index (χ2n) is 6.33. The third-order valence-electron chi connectivity index (χ3n) is 4.44. The van der Waals surface area contributed by atoms with Crippen LogP contribution in [-0.2, 0) is 10.0 Å². The number of hydrogen-bond acceptors (Lipinski definition) is 6. The van der Waals surface area contributed by atoms with E-state index in [4.69, 9.17) is 0 Å². The van der Waals surface area contributed by atoms with E-state index >= 15 is 0 Å². The molecule has 1 aromatic heterocycles. The van der Waals surface area contributed by atoms with Crippen molar-refractivity contribution in [2.75, 3.05) is 32.1 Å². The topological polar surface area (TPSA) is 82.6 Å². The Labute approximate surface area is 157 Å². The van der Waals surface area contributed by atoms with Gasteiger partial charge in [-0.2, -0.15) is 0 Å². The van der Waals surface area contributed by atoms with Crippen molar-refractivity contribution in [1.82, 2.24) is 14.6 Å². The van der Waals surface area contributed by atoms with E-state index in [2.05, 4.69) is 15.2 Å². The number of aromatic nitrogens is 1. The first-order valence-electron chi connectivity index (χ1n) is 8.36. The van der Waals surface area contributed by atoms with Crippen LogP contribution < -0.4 is 10.2 Å². The number of thiazole rings is 1. The maximum Gasteiger partial charge on any atom is 0.251 e. The Morgan fingerprint density at radius 1 is 1.35 bits per heavy atom. The van der Waals surface area contributed by atoms with Crippen LogP contribution in [0, 0.1) is 0 Å². The van der Waals surface area contributed by atoms with Crippen LogP contribution in [0.1, 0.15) is 23.2 Å². The predicted molar refractivity (Wildman–Crippen MR) is 102 cm³/mol. The van der Waals surface area contributed by atoms with Crippen LogP contribution in [0.25, 0.3) is 0 Å². The van der Waals surface area contributed by atoms with Crippen molar-refractivity contribution in [2.45, 2.75) is 23.8 Å². The fraction of sp³-hybridized carbons (Fsp3) is 0.412. The molecule has 0 saturated carbocycles. The SMILES string of the molecule is CN(C)S(=O)(=O)c1ccc(C(=O)NCC2CCCN2c2nccs2)cc1. The molecule has 1 saturated heterocycles. The van der Waals surface area contributed by atoms with Crippen LogP contribution >= 0.6 is 11.3 Å². The van der Waals surface area contributed by atoms with Gasteiger partial charge in [-0.3, -0.25) is 4.79 Å². The second kappa shape index (κ2) is 7.73. The Bertz CT molecular complexity index is 849. The summed E-state index contributed by atoms with van der Waals surface area (Å²) in [4.78, 5) is 19.1. The molecule has 3 rings (SSSR count). The Kier molecular flexibility index (Phi) is 5.59. The Hall–Kier alpha value is -1.97. The molecule has 2 aromatic rings. The molecule has 1 aromatic carbocycles. The molecule has 9 heteroatoms. The molecule has 0 aliphatic carbocycles. The van der Waals surface area contributed by atoms with Gasteiger partial charge in [-0.1, -0.05) is 0 Å². The van der Waals surface area contributed by atoms with Crippen molar-refractivity contribution < 1.29 is 13.2 Å². The van der Waals surface area contributed by atoms with Crippen LogP contribution in [0.5, 0.6) is 0 Å². The lowest BCUT2D eigenvalue weighted by molar-refractivity contribution is 0.0951. The van der Waals surface area contributed by atoms with E-state index in [1.54, 1.807) is 29.7 Å². The quantitative estimate of drug-likeness (QED) is 0.808. The summed E-state index contributed by atoms with van der Waals surface area (Å²) in [5.74, 6) is -0.204. The Morgan fingerprint density at radius 2 is 2.08 bits per heavy atom. The highest BCUT2D eigenvalue weighted by molar-refractivity contribution is 7.89. The van der Waals surface area contributed by atoms with Gasteiger partial charge in [0.25, 0.3) is 5.91 Å². The molecule has 1 aliphatic rings. The third-order valence-corrected chi connectivity index (χ3v) is 7.07. The van der Waals surface area contributed by atoms with Gasteiger partial charge in [-0.15, -0.1) is 11.3 Å². The summed E-state index contributed by atoms with van der Waals surface area (Å²) in [6.45, 7) is 1.49. The van der Waals surface area contributed by atoms with Crippen LogP contribution in [0.15, 0.2) is 40.7 Å². The largest absolute Gasteiger partial charge is 0.350 e. The van der Waals surface area contributed by atoms with E-state index in [0.29, 0.717) is 12.1 Å². The van der Waals surface area contributed by atoms with E-state index in [9.17, 15) is 13.2 Å². The lowest BCUT2D eigenvalue weighted by Gasteiger charge is -2.24. The zero-order valence-corrected chi connectivity index (χ0v) is 16.4. The van der Waals surface area contributed by atoms with Gasteiger partial charge in [-0.25, -0.2) is 17.7 Å². The van der Waals surface area contributed by atoms with Crippen LogP contribution in [0.2, 0.25) is 0 Å². The Morgan fingerprint density at radius 3 is 2.69 bits per heavy atom. The zero-order chi connectivity index (χ0) is 18.7. The molecular formula is C17H22N4O3S2. The summed E-state index contributed by atoms with van der Waals surface area (Å²) in [6.07, 6.45) is 3.88. The number of nitrogens with zero attached hydrogens (tertiary/aromatic N) is 3. The summed E-state index contributed by atoms with van der Waals surface area (Å²) in [5, 5.41) is 5.89. The van der Waals surface area contributed by atoms with Crippen molar-refractivity contribution in [3.8, 4) is 0 Å². The summed E-state index contributed by atoms with van der Waals surface area (Å²) >= 11 is 1.60. The van der Waals surface area contributed by atoms with E-state index in [-0.39, 0.29) is 16.8 Å². The van der Waals surface area contributed by atoms with Gasteiger partial charge in [0, 0.05) is 50.4 Å². The maximum atomic E-state index is 12.4. The van der Waals surface area contributed by atoms with Crippen molar-refractivity contribution in [1.29, 1.82) is 0 Å². The number of carbonyl (C=O) groups is 1. The monoisotopic (exact) mass is 394 g/mol. The summed E-state index contributed by atoms with van der Waals surface area (Å²) in [5.41, 5.74) is 0.446. The van der Waals surface area contributed by atoms with E-state index < -0.39 is 10.0 Å². The number of benzene rings is 1. The van der Waals surface area contributed by atoms with E-state index in [1.807, 2.05) is 5.38 Å². The van der Waals surface area contributed by atoms with E-state index in [1.165, 1.54) is 26.2 Å². The van der Waals surface area contributed by atoms with E-state index in [0.717, 1.165) is 28.8 Å². The van der Waals surface area contributed by atoms with Gasteiger partial charge >= 0.3 is 0 Å². The first-order valence-corrected chi connectivity index (χ1v) is 10.7. The molecule has 0 spiro atoms. The maximum absolute atomic E-state index is 12.4. The molecule has 2 heterocycles. The molecule has 140 valence electrons. The van der Waals surface area contributed by atoms with Crippen LogP contribution in [-0.4, -0.2) is 56.8 Å². The molecule has 7 nitrogen and oxygen atoms in total. The first-order chi connectivity index (χ1) is 12.4. The van der Waals surface area contributed by atoms with Crippen molar-refractivity contribution in [3.05, 3.63) is 41.4 Å². The molecule has 1 N–H and O–H groups in total. The van der Waals surface area contributed by atoms with Gasteiger partial charge in [0.2, 0.25) is 10.0 Å². The molecule has 1 amide bonds. The molecule has 26 heavy (non-hydrogen) atoms. The molecule has 0 bridgehead atoms. The van der Waals surface area contributed by atoms with Gasteiger partial charge < -0.3 is 10.2 Å². The highest BCUT2D eigenvalue weighted by Gasteiger charge is 2.26. The summed E-state index contributed by atoms with van der Waals surface area (Å²) < 4.78 is 25.3. The van der Waals surface area contributed by atoms with Crippen LogP contribution in [0.4, 0.5) is 5.13 Å². The van der Waals surface area contributed by atoms with Gasteiger partial charge in [0.05, 0.1) is 4.90 Å². The fourth-order valence-corrected chi connectivity index (χ4v) is 4.60. The molecule has 1 aliphatic heterocycles. The molecular weight excluding hydrogens is 372 g/mol. The first kappa shape index (κ1) is 18.8. The number of hydrogen-bond donors (Lipinski definition) is 1. The Balaban J connectivity index is 1.62. The lowest BCUT2D eigenvalue weighted by atomic mass is 10.2. The average molecular weight is 395 g/mol. The smallest absolute Gasteiger partial charge is 0.251 e. The lowest BCUT2D eigenvalue weighted by Crippen LogP contribution is -2.40. The minimum atomic E-state index is -3.49. The van der Waals surface area contributed by atoms with Crippen molar-refractivity contribution in [2.24, 2.45) is 0 Å². The zero-order valence-electron chi connectivity index (χ0n) is 14.8. The standard InChI is InChI=1S/C17H22N4O3S2/c1-20(2)26(23,24)15-7-5-13(6-8-15)16(22)19-12-14-4-3-10-21(14)17-18-9-11-25-17/h5-9,11,14H,3-4,10,12H2,1-2H3,(H,19,22). The minimum absolute atomic E-state index is 0.171. The number of nitrogens with one attached hydrogen (secondary N) is 1. The number of amides is 1. The van der Waals surface area contributed by atoms with Crippen LogP contribution in [0.3, 0.4) is 0 Å².